The molecule has 6 heteroatoms. The lowest BCUT2D eigenvalue weighted by molar-refractivity contribution is 0.102. The number of hydrogen-bond acceptors (Lipinski definition) is 5. The van der Waals surface area contributed by atoms with Gasteiger partial charge in [0, 0.05) is 17.1 Å². The summed E-state index contributed by atoms with van der Waals surface area (Å²) in [5.74, 6) is 6.39. The minimum atomic E-state index is -0.220. The molecule has 0 radical (unpaired) electrons. The molecule has 1 amide bonds. The number of fused-ring (bicyclic) bond motifs is 1. The number of carbonyl (C=O) groups excluding carboxylic acids is 1. The fourth-order valence-corrected chi connectivity index (χ4v) is 2.58. The van der Waals surface area contributed by atoms with Crippen LogP contribution in [0.3, 0.4) is 0 Å². The third-order valence-electron chi connectivity index (χ3n) is 2.78. The molecule has 0 saturated carbocycles. The van der Waals surface area contributed by atoms with E-state index >= 15 is 0 Å². The van der Waals surface area contributed by atoms with Crippen molar-refractivity contribution >= 4 is 22.9 Å². The molecule has 3 rings (SSSR count). The van der Waals surface area contributed by atoms with Gasteiger partial charge in [-0.15, -0.1) is 11.3 Å². The molecular weight excluding hydrogens is 290 g/mol. The van der Waals surface area contributed by atoms with E-state index in [0.29, 0.717) is 22.7 Å². The molecule has 0 bridgehead atoms. The van der Waals surface area contributed by atoms with E-state index in [1.54, 1.807) is 29.6 Å². The summed E-state index contributed by atoms with van der Waals surface area (Å²) in [7, 11) is 0. The second kappa shape index (κ2) is 5.87. The lowest BCUT2D eigenvalue weighted by Crippen LogP contribution is -2.10. The van der Waals surface area contributed by atoms with Gasteiger partial charge in [-0.3, -0.25) is 4.79 Å². The number of rotatable bonds is 2. The molecule has 1 aromatic carbocycles. The Morgan fingerprint density at radius 3 is 3.05 bits per heavy atom. The van der Waals surface area contributed by atoms with Crippen LogP contribution in [-0.4, -0.2) is 24.4 Å². The summed E-state index contributed by atoms with van der Waals surface area (Å²) in [5.41, 5.74) is 1.17. The molecule has 1 aromatic heterocycles. The highest BCUT2D eigenvalue weighted by Gasteiger charge is 2.15. The average molecular weight is 301 g/mol. The first-order valence-corrected chi connectivity index (χ1v) is 7.03. The normalized spacial score (nSPS) is 11.7. The molecule has 1 aliphatic heterocycles. The Hall–Kier alpha value is -2.49. The van der Waals surface area contributed by atoms with E-state index in [9.17, 15) is 4.79 Å². The lowest BCUT2D eigenvalue weighted by Gasteiger charge is -2.04. The maximum atomic E-state index is 12.1. The monoisotopic (exact) mass is 301 g/mol. The smallest absolute Gasteiger partial charge is 0.256 e. The molecule has 0 unspecified atom stereocenters. The van der Waals surface area contributed by atoms with Crippen LogP contribution in [0.2, 0.25) is 0 Å². The summed E-state index contributed by atoms with van der Waals surface area (Å²) < 4.78 is 10.5. The molecule has 106 valence electrons. The summed E-state index contributed by atoms with van der Waals surface area (Å²) in [6.45, 7) is 0.000770. The van der Waals surface area contributed by atoms with Crippen molar-refractivity contribution in [1.82, 2.24) is 0 Å². The number of hydrogen-bond donors (Lipinski definition) is 2. The first kappa shape index (κ1) is 13.5. The zero-order chi connectivity index (χ0) is 14.7. The van der Waals surface area contributed by atoms with E-state index < -0.39 is 0 Å². The standard InChI is InChI=1S/C15H11NO4S/c17-5-1-2-12-6-10(8-21-12)15(18)16-11-3-4-13-14(7-11)20-9-19-13/h3-4,6-8,17H,5,9H2,(H,16,18). The lowest BCUT2D eigenvalue weighted by atomic mass is 10.2. The van der Waals surface area contributed by atoms with Gasteiger partial charge in [-0.05, 0) is 18.2 Å². The van der Waals surface area contributed by atoms with Gasteiger partial charge in [0.25, 0.3) is 5.91 Å². The maximum Gasteiger partial charge on any atom is 0.256 e. The van der Waals surface area contributed by atoms with Gasteiger partial charge in [-0.2, -0.15) is 0 Å². The molecule has 2 N–H and O–H groups in total. The second-order valence-corrected chi connectivity index (χ2v) is 5.09. The van der Waals surface area contributed by atoms with Crippen molar-refractivity contribution < 1.29 is 19.4 Å². The number of anilines is 1. The Labute approximate surface area is 125 Å². The highest BCUT2D eigenvalue weighted by Crippen LogP contribution is 2.34. The number of thiophene rings is 1. The minimum absolute atomic E-state index is 0.198. The Morgan fingerprint density at radius 1 is 1.33 bits per heavy atom. The van der Waals surface area contributed by atoms with Crippen LogP contribution in [0.5, 0.6) is 11.5 Å². The van der Waals surface area contributed by atoms with E-state index in [4.69, 9.17) is 14.6 Å². The minimum Gasteiger partial charge on any atom is -0.454 e. The first-order chi connectivity index (χ1) is 10.3. The largest absolute Gasteiger partial charge is 0.454 e. The third-order valence-corrected chi connectivity index (χ3v) is 3.63. The number of aliphatic hydroxyl groups is 1. The van der Waals surface area contributed by atoms with Gasteiger partial charge in [0.2, 0.25) is 6.79 Å². The number of aliphatic hydroxyl groups excluding tert-OH is 1. The number of amides is 1. The first-order valence-electron chi connectivity index (χ1n) is 6.15. The topological polar surface area (TPSA) is 67.8 Å². The summed E-state index contributed by atoms with van der Waals surface area (Å²) in [4.78, 5) is 12.9. The van der Waals surface area contributed by atoms with Gasteiger partial charge in [0.1, 0.15) is 6.61 Å². The molecule has 2 heterocycles. The van der Waals surface area contributed by atoms with Crippen LogP contribution in [0.15, 0.2) is 29.6 Å². The molecule has 2 aromatic rings. The van der Waals surface area contributed by atoms with Crippen LogP contribution in [0.4, 0.5) is 5.69 Å². The Balaban J connectivity index is 1.72. The number of benzene rings is 1. The van der Waals surface area contributed by atoms with Gasteiger partial charge < -0.3 is 19.9 Å². The van der Waals surface area contributed by atoms with Gasteiger partial charge in [-0.1, -0.05) is 11.8 Å². The molecule has 5 nitrogen and oxygen atoms in total. The van der Waals surface area contributed by atoms with Crippen molar-refractivity contribution in [1.29, 1.82) is 0 Å². The van der Waals surface area contributed by atoms with Gasteiger partial charge in [0.15, 0.2) is 11.5 Å². The molecule has 0 spiro atoms. The number of carbonyl (C=O) groups is 1. The van der Waals surface area contributed by atoms with Crippen LogP contribution < -0.4 is 14.8 Å². The van der Waals surface area contributed by atoms with Crippen molar-refractivity contribution in [3.63, 3.8) is 0 Å². The van der Waals surface area contributed by atoms with E-state index in [-0.39, 0.29) is 19.3 Å². The average Bonchev–Trinajstić information content (AvgIpc) is 3.13. The van der Waals surface area contributed by atoms with Crippen LogP contribution >= 0.6 is 11.3 Å². The van der Waals surface area contributed by atoms with Gasteiger partial charge in [0.05, 0.1) is 10.4 Å². The third kappa shape index (κ3) is 2.99. The van der Waals surface area contributed by atoms with Crippen LogP contribution in [0.1, 0.15) is 15.2 Å². The summed E-state index contributed by atoms with van der Waals surface area (Å²) in [6.07, 6.45) is 0. The van der Waals surface area contributed by atoms with E-state index in [1.165, 1.54) is 11.3 Å². The van der Waals surface area contributed by atoms with Crippen LogP contribution in [0.25, 0.3) is 0 Å². The van der Waals surface area contributed by atoms with Crippen molar-refractivity contribution in [2.45, 2.75) is 0 Å². The SMILES string of the molecule is O=C(Nc1ccc2c(c1)OCO2)c1csc(C#CCO)c1. The van der Waals surface area contributed by atoms with Crippen molar-refractivity contribution in [2.24, 2.45) is 0 Å². The Kier molecular flexibility index (Phi) is 3.77. The number of nitrogens with one attached hydrogen (secondary N) is 1. The molecule has 0 saturated heterocycles. The zero-order valence-electron chi connectivity index (χ0n) is 10.9. The van der Waals surface area contributed by atoms with E-state index in [2.05, 4.69) is 17.2 Å². The van der Waals surface area contributed by atoms with Crippen molar-refractivity contribution in [3.05, 3.63) is 40.1 Å². The van der Waals surface area contributed by atoms with Crippen LogP contribution in [0, 0.1) is 11.8 Å². The predicted molar refractivity (Wildman–Crippen MR) is 78.8 cm³/mol. The van der Waals surface area contributed by atoms with Crippen molar-refractivity contribution in [2.75, 3.05) is 18.7 Å². The van der Waals surface area contributed by atoms with Gasteiger partial charge in [-0.25, -0.2) is 0 Å². The quantitative estimate of drug-likeness (QED) is 0.833. The molecule has 0 fully saturated rings. The summed E-state index contributed by atoms with van der Waals surface area (Å²) >= 11 is 1.36. The second-order valence-electron chi connectivity index (χ2n) is 4.18. The number of ether oxygens (including phenoxy) is 2. The summed E-state index contributed by atoms with van der Waals surface area (Å²) in [6, 6.07) is 6.92. The molecule has 21 heavy (non-hydrogen) atoms. The molecular formula is C15H11NO4S. The molecule has 0 aliphatic carbocycles. The fraction of sp³-hybridized carbons (Fsp3) is 0.133. The van der Waals surface area contributed by atoms with E-state index in [0.717, 1.165) is 4.88 Å². The highest BCUT2D eigenvalue weighted by atomic mass is 32.1. The van der Waals surface area contributed by atoms with Crippen LogP contribution in [-0.2, 0) is 0 Å². The molecule has 0 atom stereocenters. The fourth-order valence-electron chi connectivity index (χ4n) is 1.83. The maximum absolute atomic E-state index is 12.1. The Bertz CT molecular complexity index is 742. The van der Waals surface area contributed by atoms with Crippen molar-refractivity contribution in [3.8, 4) is 23.3 Å². The Morgan fingerprint density at radius 2 is 2.19 bits per heavy atom. The predicted octanol–water partition coefficient (Wildman–Crippen LogP) is 2.07. The zero-order valence-corrected chi connectivity index (χ0v) is 11.7. The molecule has 1 aliphatic rings. The van der Waals surface area contributed by atoms with Gasteiger partial charge >= 0.3 is 0 Å². The highest BCUT2D eigenvalue weighted by molar-refractivity contribution is 7.10. The summed E-state index contributed by atoms with van der Waals surface area (Å²) in [5, 5.41) is 13.2. The van der Waals surface area contributed by atoms with E-state index in [1.807, 2.05) is 0 Å².